The highest BCUT2D eigenvalue weighted by molar-refractivity contribution is 7.33. The topological polar surface area (TPSA) is 9.23 Å². The number of methoxy groups -OCH3 is 1. The maximum absolute atomic E-state index is 6.29. The Morgan fingerprint density at radius 3 is 2.03 bits per heavy atom. The average Bonchev–Trinajstić information content (AvgIpc) is 3.16. The summed E-state index contributed by atoms with van der Waals surface area (Å²) in [6.07, 6.45) is 8.71. The predicted molar refractivity (Wildman–Crippen MR) is 140 cm³/mol. The monoisotopic (exact) mass is 440 g/mol. The third-order valence-corrected chi connectivity index (χ3v) is 12.3. The molecule has 1 nitrogen and oxygen atoms in total. The fraction of sp³-hybridized carbons (Fsp3) is 0.0968. The van der Waals surface area contributed by atoms with Crippen molar-refractivity contribution in [3.63, 3.8) is 0 Å². The summed E-state index contributed by atoms with van der Waals surface area (Å²) in [5.41, 5.74) is 8.33. The van der Waals surface area contributed by atoms with E-state index in [0.29, 0.717) is 0 Å². The molecule has 2 heteroatoms. The van der Waals surface area contributed by atoms with E-state index in [0.717, 1.165) is 18.6 Å². The molecule has 0 unspecified atom stereocenters. The van der Waals surface area contributed by atoms with Gasteiger partial charge in [-0.25, -0.2) is 0 Å². The molecule has 0 amide bonds. The van der Waals surface area contributed by atoms with Gasteiger partial charge in [-0.2, -0.15) is 0 Å². The minimum atomic E-state index is -2.25. The molecule has 7 rings (SSSR count). The average molecular weight is 441 g/mol. The van der Waals surface area contributed by atoms with Crippen molar-refractivity contribution in [2.75, 3.05) is 7.11 Å². The molecule has 1 heterocycles. The van der Waals surface area contributed by atoms with Gasteiger partial charge in [0.1, 0.15) is 5.75 Å². The lowest BCUT2D eigenvalue weighted by Crippen LogP contribution is -2.55. The molecule has 3 aliphatic rings. The lowest BCUT2D eigenvalue weighted by Gasteiger charge is -2.18. The molecular weight excluding hydrogens is 416 g/mol. The predicted octanol–water partition coefficient (Wildman–Crippen LogP) is 4.30. The Morgan fingerprint density at radius 2 is 1.39 bits per heavy atom. The van der Waals surface area contributed by atoms with Crippen LogP contribution in [-0.2, 0) is 6.42 Å². The molecule has 2 aliphatic carbocycles. The van der Waals surface area contributed by atoms with Crippen molar-refractivity contribution < 1.29 is 4.74 Å². The first kappa shape index (κ1) is 18.9. The van der Waals surface area contributed by atoms with Crippen molar-refractivity contribution >= 4 is 34.4 Å². The van der Waals surface area contributed by atoms with Gasteiger partial charge in [0, 0.05) is 11.1 Å². The fourth-order valence-corrected chi connectivity index (χ4v) is 11.7. The largest absolute Gasteiger partial charge is 0.495 e. The van der Waals surface area contributed by atoms with Crippen LogP contribution >= 0.6 is 0 Å². The van der Waals surface area contributed by atoms with Gasteiger partial charge < -0.3 is 4.74 Å². The molecule has 0 spiro atoms. The standard InChI is InChI=1S/C31H24OSi/c1-32-29-27(21-12-8-9-13-21)31-30(26-20-22-14-10-11-19-25(22)28(26)29)33(31,23-15-4-2-5-16-23)24-17-6-3-7-18-24/h2-12,14-19H,13,20H2,1H3. The van der Waals surface area contributed by atoms with Crippen LogP contribution in [0.4, 0.5) is 0 Å². The lowest BCUT2D eigenvalue weighted by molar-refractivity contribution is 0.415. The normalized spacial score (nSPS) is 16.1. The highest BCUT2D eigenvalue weighted by Crippen LogP contribution is 2.49. The van der Waals surface area contributed by atoms with Crippen molar-refractivity contribution in [1.29, 1.82) is 0 Å². The molecule has 0 N–H and O–H groups in total. The summed E-state index contributed by atoms with van der Waals surface area (Å²) in [6, 6.07) is 31.4. The molecule has 0 saturated carbocycles. The van der Waals surface area contributed by atoms with Gasteiger partial charge in [0.15, 0.2) is 8.07 Å². The second kappa shape index (κ2) is 6.94. The first-order chi connectivity index (χ1) is 16.4. The van der Waals surface area contributed by atoms with Crippen LogP contribution in [0.15, 0.2) is 103 Å². The van der Waals surface area contributed by atoms with Crippen LogP contribution in [0.2, 0.25) is 0 Å². The van der Waals surface area contributed by atoms with Crippen LogP contribution in [-0.4, -0.2) is 15.2 Å². The number of benzene rings is 4. The van der Waals surface area contributed by atoms with E-state index in [-0.39, 0.29) is 0 Å². The van der Waals surface area contributed by atoms with Crippen LogP contribution in [0.5, 0.6) is 5.75 Å². The Bertz CT molecular complexity index is 1440. The number of ether oxygens (including phenoxy) is 1. The lowest BCUT2D eigenvalue weighted by atomic mass is 9.96. The second-order valence-electron chi connectivity index (χ2n) is 9.15. The molecule has 158 valence electrons. The summed E-state index contributed by atoms with van der Waals surface area (Å²) in [5, 5.41) is 6.14. The number of hydrogen-bond acceptors (Lipinski definition) is 1. The first-order valence-corrected chi connectivity index (χ1v) is 13.7. The summed E-state index contributed by atoms with van der Waals surface area (Å²) >= 11 is 0. The van der Waals surface area contributed by atoms with E-state index in [1.54, 1.807) is 10.4 Å². The van der Waals surface area contributed by atoms with Crippen molar-refractivity contribution in [2.45, 2.75) is 12.8 Å². The Morgan fingerprint density at radius 1 is 0.727 bits per heavy atom. The molecule has 0 bridgehead atoms. The van der Waals surface area contributed by atoms with Crippen LogP contribution in [0.3, 0.4) is 0 Å². The third kappa shape index (κ3) is 2.42. The summed E-state index contributed by atoms with van der Waals surface area (Å²) in [6.45, 7) is 0. The zero-order chi connectivity index (χ0) is 22.0. The minimum Gasteiger partial charge on any atom is -0.495 e. The number of allylic oxidation sites excluding steroid dienone is 4. The number of fused-ring (bicyclic) bond motifs is 5. The van der Waals surface area contributed by atoms with Gasteiger partial charge in [-0.1, -0.05) is 103 Å². The van der Waals surface area contributed by atoms with E-state index < -0.39 is 8.07 Å². The van der Waals surface area contributed by atoms with Crippen LogP contribution in [0.25, 0.3) is 16.7 Å². The maximum atomic E-state index is 6.29. The molecule has 0 saturated heterocycles. The van der Waals surface area contributed by atoms with Gasteiger partial charge in [-0.3, -0.25) is 0 Å². The summed E-state index contributed by atoms with van der Waals surface area (Å²) in [5.74, 6) is 1.07. The molecule has 4 aromatic carbocycles. The van der Waals surface area contributed by atoms with Gasteiger partial charge in [-0.05, 0) is 55.9 Å². The van der Waals surface area contributed by atoms with Crippen LogP contribution < -0.4 is 25.5 Å². The molecular formula is C31H24OSi. The number of hydrogen-bond donors (Lipinski definition) is 0. The summed E-state index contributed by atoms with van der Waals surface area (Å²) in [4.78, 5) is 0. The van der Waals surface area contributed by atoms with Gasteiger partial charge in [0.05, 0.1) is 7.11 Å². The van der Waals surface area contributed by atoms with Gasteiger partial charge in [0.25, 0.3) is 0 Å². The Balaban J connectivity index is 1.62. The zero-order valence-electron chi connectivity index (χ0n) is 18.6. The Labute approximate surface area is 195 Å². The molecule has 0 atom stereocenters. The minimum absolute atomic E-state index is 0.970. The summed E-state index contributed by atoms with van der Waals surface area (Å²) < 4.78 is 6.29. The summed E-state index contributed by atoms with van der Waals surface area (Å²) in [7, 11) is -0.393. The van der Waals surface area contributed by atoms with Crippen molar-refractivity contribution in [3.05, 3.63) is 120 Å². The van der Waals surface area contributed by atoms with Crippen molar-refractivity contribution in [1.82, 2.24) is 0 Å². The molecule has 33 heavy (non-hydrogen) atoms. The second-order valence-corrected chi connectivity index (χ2v) is 12.8. The fourth-order valence-electron chi connectivity index (χ4n) is 6.31. The smallest absolute Gasteiger partial charge is 0.180 e. The molecule has 0 radical (unpaired) electrons. The molecule has 0 fully saturated rings. The van der Waals surface area contributed by atoms with Gasteiger partial charge >= 0.3 is 0 Å². The first-order valence-electron chi connectivity index (χ1n) is 11.7. The van der Waals surface area contributed by atoms with Crippen molar-refractivity contribution in [3.8, 4) is 16.9 Å². The quantitative estimate of drug-likeness (QED) is 0.372. The molecule has 1 aliphatic heterocycles. The van der Waals surface area contributed by atoms with Gasteiger partial charge in [0.2, 0.25) is 0 Å². The van der Waals surface area contributed by atoms with E-state index >= 15 is 0 Å². The highest BCUT2D eigenvalue weighted by Gasteiger charge is 2.61. The van der Waals surface area contributed by atoms with Crippen LogP contribution in [0, 0.1) is 0 Å². The van der Waals surface area contributed by atoms with E-state index in [2.05, 4.69) is 103 Å². The van der Waals surface area contributed by atoms with Gasteiger partial charge in [-0.15, -0.1) is 0 Å². The maximum Gasteiger partial charge on any atom is 0.180 e. The zero-order valence-corrected chi connectivity index (χ0v) is 19.6. The molecule has 0 aromatic heterocycles. The third-order valence-electron chi connectivity index (χ3n) is 7.61. The Kier molecular flexibility index (Phi) is 3.97. The van der Waals surface area contributed by atoms with E-state index in [1.807, 2.05) is 7.11 Å². The van der Waals surface area contributed by atoms with E-state index in [4.69, 9.17) is 4.74 Å². The number of rotatable bonds is 4. The SMILES string of the molecule is COc1c(C2=CC=CC2)c2c(c3c1-c1ccccc1C3)[Si]2(c1ccccc1)c1ccccc1. The highest BCUT2D eigenvalue weighted by atomic mass is 28.3. The van der Waals surface area contributed by atoms with E-state index in [1.165, 1.54) is 43.8 Å². The molecule has 4 aromatic rings. The van der Waals surface area contributed by atoms with E-state index in [9.17, 15) is 0 Å². The van der Waals surface area contributed by atoms with Crippen LogP contribution in [0.1, 0.15) is 23.1 Å². The Hall–Kier alpha value is -3.62. The van der Waals surface area contributed by atoms with Crippen molar-refractivity contribution in [2.24, 2.45) is 0 Å².